The van der Waals surface area contributed by atoms with Crippen LogP contribution in [0.5, 0.6) is 0 Å². The zero-order chi connectivity index (χ0) is 7.03. The topological polar surface area (TPSA) is 36.8 Å². The zero-order valence-electron chi connectivity index (χ0n) is 6.34. The molecule has 1 aliphatic heterocycles. The minimum absolute atomic E-state index is 0.0194. The van der Waals surface area contributed by atoms with E-state index in [0.29, 0.717) is 5.41 Å². The van der Waals surface area contributed by atoms with Gasteiger partial charge < -0.3 is 10.4 Å². The Kier molecular flexibility index (Phi) is 1.46. The summed E-state index contributed by atoms with van der Waals surface area (Å²) >= 11 is 0. The van der Waals surface area contributed by atoms with Crippen molar-refractivity contribution in [2.24, 2.45) is 5.41 Å². The quantitative estimate of drug-likeness (QED) is 0.469. The summed E-state index contributed by atoms with van der Waals surface area (Å²) in [4.78, 5) is 0. The monoisotopic (exact) mass is 142 g/mol. The van der Waals surface area contributed by atoms with Crippen molar-refractivity contribution in [1.29, 1.82) is 0 Å². The molecule has 2 fully saturated rings. The first-order valence-electron chi connectivity index (χ1n) is 4.31. The lowest BCUT2D eigenvalue weighted by Crippen LogP contribution is -2.92. The number of nitrogens with two attached hydrogens (primary N) is 1. The molecule has 2 aliphatic rings. The molecule has 0 amide bonds. The van der Waals surface area contributed by atoms with E-state index in [1.807, 2.05) is 0 Å². The molecule has 0 aromatic rings. The van der Waals surface area contributed by atoms with Crippen molar-refractivity contribution in [2.75, 3.05) is 13.1 Å². The van der Waals surface area contributed by atoms with Gasteiger partial charge in [0.05, 0.1) is 6.54 Å². The van der Waals surface area contributed by atoms with E-state index in [-0.39, 0.29) is 6.10 Å². The molecule has 1 heterocycles. The lowest BCUT2D eigenvalue weighted by Gasteiger charge is -2.44. The number of aliphatic hydroxyl groups excluding tert-OH is 1. The van der Waals surface area contributed by atoms with Gasteiger partial charge in [0, 0.05) is 5.41 Å². The lowest BCUT2D eigenvalue weighted by atomic mass is 9.64. The zero-order valence-corrected chi connectivity index (χ0v) is 6.34. The maximum Gasteiger partial charge on any atom is 0.103 e. The molecule has 1 atom stereocenters. The summed E-state index contributed by atoms with van der Waals surface area (Å²) in [6.45, 7) is 2.20. The van der Waals surface area contributed by atoms with Crippen molar-refractivity contribution < 1.29 is 10.4 Å². The van der Waals surface area contributed by atoms with E-state index in [4.69, 9.17) is 0 Å². The number of quaternary nitrogens is 1. The fourth-order valence-corrected chi connectivity index (χ4v) is 2.33. The van der Waals surface area contributed by atoms with E-state index in [1.54, 1.807) is 0 Å². The molecule has 2 heteroatoms. The van der Waals surface area contributed by atoms with Crippen LogP contribution in [0.1, 0.15) is 25.7 Å². The molecule has 0 radical (unpaired) electrons. The van der Waals surface area contributed by atoms with Gasteiger partial charge in [-0.2, -0.15) is 0 Å². The molecule has 1 aliphatic carbocycles. The van der Waals surface area contributed by atoms with Crippen molar-refractivity contribution in [3.8, 4) is 0 Å². The average Bonchev–Trinajstić information content (AvgIpc) is 1.85. The van der Waals surface area contributed by atoms with Gasteiger partial charge in [-0.3, -0.25) is 0 Å². The van der Waals surface area contributed by atoms with E-state index in [1.165, 1.54) is 25.8 Å². The summed E-state index contributed by atoms with van der Waals surface area (Å²) in [5, 5.41) is 11.6. The maximum atomic E-state index is 9.38. The fraction of sp³-hybridized carbons (Fsp3) is 1.00. The molecule has 1 saturated carbocycles. The van der Waals surface area contributed by atoms with Crippen LogP contribution in [0.25, 0.3) is 0 Å². The van der Waals surface area contributed by atoms with Crippen molar-refractivity contribution in [3.63, 3.8) is 0 Å². The van der Waals surface area contributed by atoms with Crippen LogP contribution in [0.15, 0.2) is 0 Å². The summed E-state index contributed by atoms with van der Waals surface area (Å²) in [5.74, 6) is 0. The van der Waals surface area contributed by atoms with Gasteiger partial charge in [0.25, 0.3) is 0 Å². The molecule has 2 rings (SSSR count). The largest absolute Gasteiger partial charge is 0.387 e. The molecule has 3 N–H and O–H groups in total. The summed E-state index contributed by atoms with van der Waals surface area (Å²) in [6, 6.07) is 0. The maximum absolute atomic E-state index is 9.38. The lowest BCUT2D eigenvalue weighted by molar-refractivity contribution is -0.686. The SMILES string of the molecule is OC1C[NH2+]CC2(CCC2)C1. The number of hydrogen-bond donors (Lipinski definition) is 2. The second-order valence-corrected chi connectivity index (χ2v) is 3.94. The first-order chi connectivity index (χ1) is 4.81. The number of piperidine rings is 1. The van der Waals surface area contributed by atoms with Crippen LogP contribution < -0.4 is 5.32 Å². The van der Waals surface area contributed by atoms with E-state index in [0.717, 1.165) is 13.0 Å². The predicted octanol–water partition coefficient (Wildman–Crippen LogP) is -0.515. The van der Waals surface area contributed by atoms with Crippen LogP contribution in [-0.2, 0) is 0 Å². The Morgan fingerprint density at radius 1 is 1.40 bits per heavy atom. The molecule has 0 aromatic heterocycles. The molecule has 58 valence electrons. The van der Waals surface area contributed by atoms with Gasteiger partial charge >= 0.3 is 0 Å². The Morgan fingerprint density at radius 2 is 2.20 bits per heavy atom. The Hall–Kier alpha value is -0.0800. The highest BCUT2D eigenvalue weighted by Crippen LogP contribution is 2.44. The minimum Gasteiger partial charge on any atom is -0.387 e. The van der Waals surface area contributed by atoms with Crippen molar-refractivity contribution >= 4 is 0 Å². The van der Waals surface area contributed by atoms with Gasteiger partial charge in [0.2, 0.25) is 0 Å². The molecule has 1 saturated heterocycles. The third-order valence-electron chi connectivity index (χ3n) is 3.10. The average molecular weight is 142 g/mol. The normalized spacial score (nSPS) is 37.5. The second-order valence-electron chi connectivity index (χ2n) is 3.94. The Bertz CT molecular complexity index is 131. The second kappa shape index (κ2) is 2.21. The van der Waals surface area contributed by atoms with Crippen LogP contribution >= 0.6 is 0 Å². The van der Waals surface area contributed by atoms with E-state index in [9.17, 15) is 5.11 Å². The molecule has 2 nitrogen and oxygen atoms in total. The van der Waals surface area contributed by atoms with Crippen LogP contribution in [0.3, 0.4) is 0 Å². The molecule has 1 spiro atoms. The third-order valence-corrected chi connectivity index (χ3v) is 3.10. The van der Waals surface area contributed by atoms with Crippen molar-refractivity contribution in [1.82, 2.24) is 0 Å². The van der Waals surface area contributed by atoms with E-state index >= 15 is 0 Å². The van der Waals surface area contributed by atoms with Crippen molar-refractivity contribution in [2.45, 2.75) is 31.8 Å². The van der Waals surface area contributed by atoms with E-state index < -0.39 is 0 Å². The highest BCUT2D eigenvalue weighted by molar-refractivity contribution is 4.90. The number of aliphatic hydroxyl groups is 1. The van der Waals surface area contributed by atoms with Gasteiger partial charge in [-0.1, -0.05) is 6.42 Å². The number of rotatable bonds is 0. The first kappa shape index (κ1) is 6.62. The Labute approximate surface area is 61.6 Å². The molecule has 10 heavy (non-hydrogen) atoms. The first-order valence-corrected chi connectivity index (χ1v) is 4.31. The van der Waals surface area contributed by atoms with Crippen LogP contribution in [0.2, 0.25) is 0 Å². The highest BCUT2D eigenvalue weighted by atomic mass is 16.3. The summed E-state index contributed by atoms with van der Waals surface area (Å²) in [7, 11) is 0. The van der Waals surface area contributed by atoms with Crippen molar-refractivity contribution in [3.05, 3.63) is 0 Å². The molecule has 0 aromatic carbocycles. The van der Waals surface area contributed by atoms with E-state index in [2.05, 4.69) is 5.32 Å². The minimum atomic E-state index is -0.0194. The third kappa shape index (κ3) is 0.956. The fourth-order valence-electron chi connectivity index (χ4n) is 2.33. The van der Waals surface area contributed by atoms with Crippen LogP contribution in [-0.4, -0.2) is 24.3 Å². The Morgan fingerprint density at radius 3 is 2.60 bits per heavy atom. The smallest absolute Gasteiger partial charge is 0.103 e. The van der Waals surface area contributed by atoms with Crippen LogP contribution in [0.4, 0.5) is 0 Å². The summed E-state index contributed by atoms with van der Waals surface area (Å²) in [5.41, 5.74) is 0.567. The van der Waals surface area contributed by atoms with Gasteiger partial charge in [-0.25, -0.2) is 0 Å². The number of hydrogen-bond acceptors (Lipinski definition) is 1. The van der Waals surface area contributed by atoms with Gasteiger partial charge in [-0.15, -0.1) is 0 Å². The molecular weight excluding hydrogens is 126 g/mol. The predicted molar refractivity (Wildman–Crippen MR) is 38.6 cm³/mol. The summed E-state index contributed by atoms with van der Waals surface area (Å²) < 4.78 is 0. The summed E-state index contributed by atoms with van der Waals surface area (Å²) in [6.07, 6.45) is 5.17. The standard InChI is InChI=1S/C8H15NO/c10-7-4-8(2-1-3-8)6-9-5-7/h7,9-10H,1-6H2/p+1. The molecule has 1 unspecified atom stereocenters. The highest BCUT2D eigenvalue weighted by Gasteiger charge is 2.43. The molecular formula is C8H16NO+. The molecule has 0 bridgehead atoms. The van der Waals surface area contributed by atoms with Gasteiger partial charge in [-0.05, 0) is 19.3 Å². The van der Waals surface area contributed by atoms with Gasteiger partial charge in [0.15, 0.2) is 0 Å². The Balaban J connectivity index is 1.96. The van der Waals surface area contributed by atoms with Crippen LogP contribution in [0, 0.1) is 5.41 Å². The van der Waals surface area contributed by atoms with Gasteiger partial charge in [0.1, 0.15) is 12.6 Å².